The molecule has 24 heavy (non-hydrogen) atoms. The Bertz CT molecular complexity index is 1040. The van der Waals surface area contributed by atoms with E-state index in [0.717, 1.165) is 26.7 Å². The van der Waals surface area contributed by atoms with Crippen LogP contribution in [0.2, 0.25) is 0 Å². The van der Waals surface area contributed by atoms with Gasteiger partial charge in [-0.3, -0.25) is 9.89 Å². The minimum atomic E-state index is -0.225. The SMILES string of the molecule is CC(NC(=O)c1n[nH]c2ccc3nc(N)sc3c12)c1ccccc1. The van der Waals surface area contributed by atoms with Crippen molar-refractivity contribution < 1.29 is 4.79 Å². The van der Waals surface area contributed by atoms with E-state index in [9.17, 15) is 4.79 Å². The van der Waals surface area contributed by atoms with E-state index in [2.05, 4.69) is 20.5 Å². The molecule has 6 nitrogen and oxygen atoms in total. The number of hydrogen-bond donors (Lipinski definition) is 3. The van der Waals surface area contributed by atoms with Crippen LogP contribution in [0.1, 0.15) is 29.0 Å². The van der Waals surface area contributed by atoms with Crippen molar-refractivity contribution in [3.05, 3.63) is 53.7 Å². The number of H-pyrrole nitrogens is 1. The summed E-state index contributed by atoms with van der Waals surface area (Å²) < 4.78 is 0.872. The molecule has 2 heterocycles. The highest BCUT2D eigenvalue weighted by atomic mass is 32.1. The Hall–Kier alpha value is -2.93. The Balaban J connectivity index is 1.73. The molecule has 0 fully saturated rings. The molecule has 0 bridgehead atoms. The minimum absolute atomic E-state index is 0.115. The number of nitrogens with zero attached hydrogens (tertiary/aromatic N) is 2. The van der Waals surface area contributed by atoms with E-state index >= 15 is 0 Å². The zero-order valence-corrected chi connectivity index (χ0v) is 13.7. The van der Waals surface area contributed by atoms with E-state index in [1.165, 1.54) is 11.3 Å². The molecule has 1 unspecified atom stereocenters. The molecule has 2 aromatic carbocycles. The van der Waals surface area contributed by atoms with Gasteiger partial charge in [0.25, 0.3) is 5.91 Å². The van der Waals surface area contributed by atoms with Gasteiger partial charge < -0.3 is 11.1 Å². The fraction of sp³-hybridized carbons (Fsp3) is 0.118. The highest BCUT2D eigenvalue weighted by molar-refractivity contribution is 7.23. The van der Waals surface area contributed by atoms with Crippen molar-refractivity contribution in [1.29, 1.82) is 0 Å². The molecule has 4 N–H and O–H groups in total. The number of carbonyl (C=O) groups is 1. The molecule has 1 amide bonds. The van der Waals surface area contributed by atoms with Crippen molar-refractivity contribution in [3.63, 3.8) is 0 Å². The number of nitrogens with two attached hydrogens (primary N) is 1. The maximum Gasteiger partial charge on any atom is 0.272 e. The predicted molar refractivity (Wildman–Crippen MR) is 96.0 cm³/mol. The maximum atomic E-state index is 12.7. The molecule has 0 radical (unpaired) electrons. The van der Waals surface area contributed by atoms with Gasteiger partial charge in [0.05, 0.1) is 27.2 Å². The van der Waals surface area contributed by atoms with Gasteiger partial charge in [0.2, 0.25) is 0 Å². The van der Waals surface area contributed by atoms with E-state index in [0.29, 0.717) is 10.8 Å². The third-order valence-electron chi connectivity index (χ3n) is 3.96. The Labute approximate surface area is 141 Å². The Morgan fingerprint density at radius 2 is 2.04 bits per heavy atom. The lowest BCUT2D eigenvalue weighted by molar-refractivity contribution is 0.0936. The summed E-state index contributed by atoms with van der Waals surface area (Å²) in [6.45, 7) is 1.95. The summed E-state index contributed by atoms with van der Waals surface area (Å²) in [5.74, 6) is -0.225. The number of carbonyl (C=O) groups excluding carboxylic acids is 1. The molecule has 120 valence electrons. The summed E-state index contributed by atoms with van der Waals surface area (Å²) >= 11 is 1.36. The molecule has 0 aliphatic heterocycles. The molecular formula is C17H15N5OS. The predicted octanol–water partition coefficient (Wildman–Crippen LogP) is 3.25. The normalized spacial score (nSPS) is 12.5. The van der Waals surface area contributed by atoms with Crippen LogP contribution in [0, 0.1) is 0 Å². The van der Waals surface area contributed by atoms with Crippen LogP contribution in [0.4, 0.5) is 5.13 Å². The van der Waals surface area contributed by atoms with Gasteiger partial charge in [-0.1, -0.05) is 41.7 Å². The summed E-state index contributed by atoms with van der Waals surface area (Å²) in [6.07, 6.45) is 0. The molecule has 7 heteroatoms. The second-order valence-electron chi connectivity index (χ2n) is 5.57. The first-order chi connectivity index (χ1) is 11.6. The van der Waals surface area contributed by atoms with E-state index in [1.807, 2.05) is 49.4 Å². The van der Waals surface area contributed by atoms with Crippen molar-refractivity contribution >= 4 is 43.5 Å². The zero-order valence-electron chi connectivity index (χ0n) is 12.9. The van der Waals surface area contributed by atoms with Gasteiger partial charge in [-0.2, -0.15) is 5.10 Å². The average Bonchev–Trinajstić information content (AvgIpc) is 3.17. The van der Waals surface area contributed by atoms with Crippen LogP contribution in [-0.2, 0) is 0 Å². The maximum absolute atomic E-state index is 12.7. The first kappa shape index (κ1) is 14.6. The number of aromatic amines is 1. The molecule has 4 rings (SSSR count). The van der Waals surface area contributed by atoms with Gasteiger partial charge in [0, 0.05) is 0 Å². The van der Waals surface area contributed by atoms with Crippen LogP contribution < -0.4 is 11.1 Å². The zero-order chi connectivity index (χ0) is 16.7. The van der Waals surface area contributed by atoms with E-state index in [4.69, 9.17) is 5.73 Å². The minimum Gasteiger partial charge on any atom is -0.375 e. The second-order valence-corrected chi connectivity index (χ2v) is 6.60. The van der Waals surface area contributed by atoms with Crippen molar-refractivity contribution in [1.82, 2.24) is 20.5 Å². The first-order valence-electron chi connectivity index (χ1n) is 7.52. The van der Waals surface area contributed by atoms with Crippen LogP contribution in [0.3, 0.4) is 0 Å². The third kappa shape index (κ3) is 2.39. The fourth-order valence-corrected chi connectivity index (χ4v) is 3.64. The summed E-state index contributed by atoms with van der Waals surface area (Å²) in [5, 5.41) is 11.3. The average molecular weight is 337 g/mol. The van der Waals surface area contributed by atoms with Gasteiger partial charge in [0.15, 0.2) is 10.8 Å². The number of aromatic nitrogens is 3. The molecule has 0 saturated heterocycles. The smallest absolute Gasteiger partial charge is 0.272 e. The summed E-state index contributed by atoms with van der Waals surface area (Å²) in [5.41, 5.74) is 8.78. The van der Waals surface area contributed by atoms with Crippen molar-refractivity contribution in [2.75, 3.05) is 5.73 Å². The summed E-state index contributed by atoms with van der Waals surface area (Å²) in [7, 11) is 0. The van der Waals surface area contributed by atoms with Crippen LogP contribution in [0.25, 0.3) is 21.1 Å². The molecule has 1 atom stereocenters. The molecule has 0 spiro atoms. The van der Waals surface area contributed by atoms with Crippen molar-refractivity contribution in [3.8, 4) is 0 Å². The molecule has 2 aromatic heterocycles. The lowest BCUT2D eigenvalue weighted by Gasteiger charge is -2.13. The van der Waals surface area contributed by atoms with Crippen LogP contribution in [-0.4, -0.2) is 21.1 Å². The number of amides is 1. The number of nitrogens with one attached hydrogen (secondary N) is 2. The summed E-state index contributed by atoms with van der Waals surface area (Å²) in [4.78, 5) is 17.0. The highest BCUT2D eigenvalue weighted by Gasteiger charge is 2.20. The largest absolute Gasteiger partial charge is 0.375 e. The number of hydrogen-bond acceptors (Lipinski definition) is 5. The van der Waals surface area contributed by atoms with Gasteiger partial charge in [-0.05, 0) is 24.6 Å². The quantitative estimate of drug-likeness (QED) is 0.534. The van der Waals surface area contributed by atoms with E-state index < -0.39 is 0 Å². The Morgan fingerprint density at radius 3 is 2.83 bits per heavy atom. The number of fused-ring (bicyclic) bond motifs is 3. The standard InChI is InChI=1S/C17H15N5OS/c1-9(10-5-3-2-4-6-10)19-16(23)14-13-11(21-22-14)7-8-12-15(13)24-17(18)20-12/h2-9H,1H3,(H2,18,20)(H,19,23)(H,21,22). The van der Waals surface area contributed by atoms with Crippen LogP contribution >= 0.6 is 11.3 Å². The molecule has 4 aromatic rings. The Morgan fingerprint density at radius 1 is 1.25 bits per heavy atom. The van der Waals surface area contributed by atoms with Crippen molar-refractivity contribution in [2.45, 2.75) is 13.0 Å². The fourth-order valence-electron chi connectivity index (χ4n) is 2.76. The highest BCUT2D eigenvalue weighted by Crippen LogP contribution is 2.32. The van der Waals surface area contributed by atoms with Gasteiger partial charge in [0.1, 0.15) is 0 Å². The lowest BCUT2D eigenvalue weighted by atomic mass is 10.1. The molecule has 0 saturated carbocycles. The van der Waals surface area contributed by atoms with Crippen molar-refractivity contribution in [2.24, 2.45) is 0 Å². The lowest BCUT2D eigenvalue weighted by Crippen LogP contribution is -2.27. The Kier molecular flexibility index (Phi) is 3.42. The topological polar surface area (TPSA) is 96.7 Å². The number of benzene rings is 2. The van der Waals surface area contributed by atoms with Crippen LogP contribution in [0.15, 0.2) is 42.5 Å². The van der Waals surface area contributed by atoms with Gasteiger partial charge in [-0.15, -0.1) is 0 Å². The molecule has 0 aliphatic rings. The van der Waals surface area contributed by atoms with Crippen LogP contribution in [0.5, 0.6) is 0 Å². The number of thiazole rings is 1. The first-order valence-corrected chi connectivity index (χ1v) is 8.34. The van der Waals surface area contributed by atoms with Gasteiger partial charge in [-0.25, -0.2) is 4.98 Å². The summed E-state index contributed by atoms with van der Waals surface area (Å²) in [6, 6.07) is 13.4. The van der Waals surface area contributed by atoms with E-state index in [1.54, 1.807) is 0 Å². The second kappa shape index (κ2) is 5.61. The van der Waals surface area contributed by atoms with Gasteiger partial charge >= 0.3 is 0 Å². The molecule has 0 aliphatic carbocycles. The third-order valence-corrected chi connectivity index (χ3v) is 4.88. The number of anilines is 1. The number of nitrogen functional groups attached to an aromatic ring is 1. The number of rotatable bonds is 3. The molecular weight excluding hydrogens is 322 g/mol. The monoisotopic (exact) mass is 337 g/mol. The van der Waals surface area contributed by atoms with E-state index in [-0.39, 0.29) is 11.9 Å².